The van der Waals surface area contributed by atoms with Gasteiger partial charge in [-0.1, -0.05) is 13.8 Å². The molecule has 12 heavy (non-hydrogen) atoms. The lowest BCUT2D eigenvalue weighted by Crippen LogP contribution is -1.95. The van der Waals surface area contributed by atoms with Gasteiger partial charge in [-0.3, -0.25) is 0 Å². The van der Waals surface area contributed by atoms with E-state index < -0.39 is 0 Å². The van der Waals surface area contributed by atoms with Crippen LogP contribution in [-0.2, 0) is 0 Å². The second-order valence-corrected chi connectivity index (χ2v) is 1.48. The van der Waals surface area contributed by atoms with Crippen LogP contribution in [0.2, 0.25) is 0 Å². The molecule has 70 valence electrons. The normalized spacial score (nSPS) is 7.00. The van der Waals surface area contributed by atoms with Gasteiger partial charge in [-0.25, -0.2) is 4.98 Å². The van der Waals surface area contributed by atoms with E-state index in [1.165, 1.54) is 0 Å². The third-order valence-electron chi connectivity index (χ3n) is 0.871. The van der Waals surface area contributed by atoms with Gasteiger partial charge in [0, 0.05) is 13.3 Å². The SMILES string of the molecule is CC.CO.Nc1cccnc1N. The van der Waals surface area contributed by atoms with E-state index >= 15 is 0 Å². The molecule has 0 saturated heterocycles. The van der Waals surface area contributed by atoms with Gasteiger partial charge < -0.3 is 16.6 Å². The summed E-state index contributed by atoms with van der Waals surface area (Å²) < 4.78 is 0. The van der Waals surface area contributed by atoms with Crippen molar-refractivity contribution in [3.63, 3.8) is 0 Å². The standard InChI is InChI=1S/C5H7N3.C2H6.CH4O/c6-4-2-1-3-8-5(4)7;2*1-2/h1-3H,6H2,(H2,7,8);1-2H3;2H,1H3. The molecule has 0 fully saturated rings. The Morgan fingerprint density at radius 3 is 2.00 bits per heavy atom. The molecule has 0 aromatic carbocycles. The van der Waals surface area contributed by atoms with Crippen LogP contribution < -0.4 is 11.5 Å². The third kappa shape index (κ3) is 5.49. The van der Waals surface area contributed by atoms with E-state index in [4.69, 9.17) is 16.6 Å². The molecule has 1 aromatic rings. The zero-order valence-corrected chi connectivity index (χ0v) is 7.78. The average Bonchev–Trinajstić information content (AvgIpc) is 2.17. The second kappa shape index (κ2) is 9.71. The minimum absolute atomic E-state index is 0.396. The summed E-state index contributed by atoms with van der Waals surface area (Å²) in [4.78, 5) is 3.73. The average molecular weight is 171 g/mol. The minimum Gasteiger partial charge on any atom is -0.400 e. The first-order valence-corrected chi connectivity index (χ1v) is 3.71. The number of nitrogens with two attached hydrogens (primary N) is 2. The Hall–Kier alpha value is -1.29. The summed E-state index contributed by atoms with van der Waals surface area (Å²) in [7, 11) is 1.00. The van der Waals surface area contributed by atoms with E-state index in [9.17, 15) is 0 Å². The maximum absolute atomic E-state index is 7.00. The van der Waals surface area contributed by atoms with Crippen LogP contribution >= 0.6 is 0 Å². The van der Waals surface area contributed by atoms with Gasteiger partial charge >= 0.3 is 0 Å². The number of hydrogen-bond donors (Lipinski definition) is 3. The summed E-state index contributed by atoms with van der Waals surface area (Å²) in [5.74, 6) is 0.396. The molecule has 1 aromatic heterocycles. The fourth-order valence-corrected chi connectivity index (χ4v) is 0.430. The first kappa shape index (κ1) is 13.3. The van der Waals surface area contributed by atoms with E-state index in [0.717, 1.165) is 7.11 Å². The van der Waals surface area contributed by atoms with E-state index in [2.05, 4.69) is 4.98 Å². The van der Waals surface area contributed by atoms with Crippen LogP contribution in [0.1, 0.15) is 13.8 Å². The molecule has 4 heteroatoms. The van der Waals surface area contributed by atoms with Gasteiger partial charge in [-0.05, 0) is 12.1 Å². The molecular weight excluding hydrogens is 154 g/mol. The number of aromatic nitrogens is 1. The highest BCUT2D eigenvalue weighted by molar-refractivity contribution is 5.56. The Kier molecular flexibility index (Phi) is 10.8. The summed E-state index contributed by atoms with van der Waals surface area (Å²) in [5, 5.41) is 7.00. The van der Waals surface area contributed by atoms with Gasteiger partial charge in [0.15, 0.2) is 0 Å². The van der Waals surface area contributed by atoms with Gasteiger partial charge in [0.05, 0.1) is 5.69 Å². The number of hydrogen-bond acceptors (Lipinski definition) is 4. The van der Waals surface area contributed by atoms with Gasteiger partial charge in [0.1, 0.15) is 5.82 Å². The molecule has 0 atom stereocenters. The van der Waals surface area contributed by atoms with Crippen molar-refractivity contribution in [2.45, 2.75) is 13.8 Å². The van der Waals surface area contributed by atoms with Crippen molar-refractivity contribution in [3.05, 3.63) is 18.3 Å². The van der Waals surface area contributed by atoms with Gasteiger partial charge in [0.2, 0.25) is 0 Å². The van der Waals surface area contributed by atoms with Crippen LogP contribution in [0.25, 0.3) is 0 Å². The molecule has 0 amide bonds. The second-order valence-electron chi connectivity index (χ2n) is 1.48. The number of aliphatic hydroxyl groups excluding tert-OH is 1. The fraction of sp³-hybridized carbons (Fsp3) is 0.375. The van der Waals surface area contributed by atoms with E-state index in [1.54, 1.807) is 18.3 Å². The van der Waals surface area contributed by atoms with E-state index in [1.807, 2.05) is 13.8 Å². The van der Waals surface area contributed by atoms with Crippen molar-refractivity contribution >= 4 is 11.5 Å². The number of nitrogen functional groups attached to an aromatic ring is 2. The summed E-state index contributed by atoms with van der Waals surface area (Å²) in [6.45, 7) is 4.00. The quantitative estimate of drug-likeness (QED) is 0.541. The van der Waals surface area contributed by atoms with Crippen LogP contribution in [0.5, 0.6) is 0 Å². The molecule has 4 nitrogen and oxygen atoms in total. The zero-order valence-electron chi connectivity index (χ0n) is 7.78. The number of pyridine rings is 1. The van der Waals surface area contributed by atoms with Crippen LogP contribution in [0.3, 0.4) is 0 Å². The molecule has 5 N–H and O–H groups in total. The molecule has 0 aliphatic heterocycles. The smallest absolute Gasteiger partial charge is 0.146 e. The van der Waals surface area contributed by atoms with Crippen LogP contribution in [0.4, 0.5) is 11.5 Å². The van der Waals surface area contributed by atoms with Gasteiger partial charge in [-0.2, -0.15) is 0 Å². The Labute approximate surface area is 73.2 Å². The first-order valence-electron chi connectivity index (χ1n) is 3.71. The summed E-state index contributed by atoms with van der Waals surface area (Å²) >= 11 is 0. The van der Waals surface area contributed by atoms with Crippen LogP contribution in [-0.4, -0.2) is 17.2 Å². The molecular formula is C8H17N3O. The summed E-state index contributed by atoms with van der Waals surface area (Å²) in [5.41, 5.74) is 11.2. The predicted molar refractivity (Wildman–Crippen MR) is 52.6 cm³/mol. The molecule has 0 spiro atoms. The largest absolute Gasteiger partial charge is 0.400 e. The lowest BCUT2D eigenvalue weighted by molar-refractivity contribution is 0.399. The van der Waals surface area contributed by atoms with Crippen molar-refractivity contribution in [3.8, 4) is 0 Å². The van der Waals surface area contributed by atoms with Crippen molar-refractivity contribution < 1.29 is 5.11 Å². The Morgan fingerprint density at radius 2 is 1.75 bits per heavy atom. The van der Waals surface area contributed by atoms with Crippen LogP contribution in [0.15, 0.2) is 18.3 Å². The summed E-state index contributed by atoms with van der Waals surface area (Å²) in [6, 6.07) is 3.45. The van der Waals surface area contributed by atoms with Crippen molar-refractivity contribution in [2.75, 3.05) is 18.6 Å². The Bertz CT molecular complexity index is 170. The van der Waals surface area contributed by atoms with Crippen LogP contribution in [0, 0.1) is 0 Å². The molecule has 0 unspecified atom stereocenters. The summed E-state index contributed by atoms with van der Waals surface area (Å²) in [6.07, 6.45) is 1.60. The monoisotopic (exact) mass is 171 g/mol. The maximum Gasteiger partial charge on any atom is 0.146 e. The zero-order chi connectivity index (χ0) is 9.98. The molecule has 0 bridgehead atoms. The topological polar surface area (TPSA) is 85.2 Å². The first-order chi connectivity index (χ1) is 5.80. The highest BCUT2D eigenvalue weighted by Crippen LogP contribution is 2.06. The third-order valence-corrected chi connectivity index (χ3v) is 0.871. The van der Waals surface area contributed by atoms with Gasteiger partial charge in [-0.15, -0.1) is 0 Å². The number of nitrogens with zero attached hydrogens (tertiary/aromatic N) is 1. The molecule has 0 radical (unpaired) electrons. The number of anilines is 2. The fourth-order valence-electron chi connectivity index (χ4n) is 0.430. The number of aliphatic hydroxyl groups is 1. The molecule has 0 aliphatic rings. The van der Waals surface area contributed by atoms with E-state index in [-0.39, 0.29) is 0 Å². The highest BCUT2D eigenvalue weighted by Gasteiger charge is 1.87. The van der Waals surface area contributed by atoms with Gasteiger partial charge in [0.25, 0.3) is 0 Å². The molecule has 0 saturated carbocycles. The lowest BCUT2D eigenvalue weighted by Gasteiger charge is -1.92. The Balaban J connectivity index is 0. The molecule has 0 aliphatic carbocycles. The predicted octanol–water partition coefficient (Wildman–Crippen LogP) is 0.881. The van der Waals surface area contributed by atoms with Crippen molar-refractivity contribution in [1.29, 1.82) is 0 Å². The Morgan fingerprint density at radius 1 is 1.25 bits per heavy atom. The molecule has 1 rings (SSSR count). The lowest BCUT2D eigenvalue weighted by atomic mass is 10.4. The van der Waals surface area contributed by atoms with E-state index in [0.29, 0.717) is 11.5 Å². The molecule has 1 heterocycles. The van der Waals surface area contributed by atoms with Crippen molar-refractivity contribution in [2.24, 2.45) is 0 Å². The highest BCUT2D eigenvalue weighted by atomic mass is 16.2. The maximum atomic E-state index is 7.00. The van der Waals surface area contributed by atoms with Crippen molar-refractivity contribution in [1.82, 2.24) is 4.98 Å². The number of rotatable bonds is 0. The minimum atomic E-state index is 0.396.